The number of rotatable bonds is 6. The van der Waals surface area contributed by atoms with Crippen LogP contribution in [0.3, 0.4) is 0 Å². The minimum atomic E-state index is -1.20. The van der Waals surface area contributed by atoms with Gasteiger partial charge in [-0.05, 0) is 24.6 Å². The molecule has 1 atom stereocenters. The lowest BCUT2D eigenvalue weighted by molar-refractivity contribution is -0.126. The van der Waals surface area contributed by atoms with E-state index in [4.69, 9.17) is 4.42 Å². The molecule has 2 heterocycles. The lowest BCUT2D eigenvalue weighted by Crippen LogP contribution is -2.32. The Labute approximate surface area is 144 Å². The highest BCUT2D eigenvalue weighted by Crippen LogP contribution is 2.25. The van der Waals surface area contributed by atoms with Crippen molar-refractivity contribution in [3.05, 3.63) is 65.4 Å². The number of hydrogen-bond acceptors (Lipinski definition) is 5. The highest BCUT2D eigenvalue weighted by Gasteiger charge is 2.26. The van der Waals surface area contributed by atoms with Crippen molar-refractivity contribution in [3.8, 4) is 10.8 Å². The maximum Gasteiger partial charge on any atom is 0.223 e. The van der Waals surface area contributed by atoms with Gasteiger partial charge in [-0.15, -0.1) is 11.3 Å². The molecule has 0 saturated heterocycles. The second kappa shape index (κ2) is 6.98. The van der Waals surface area contributed by atoms with E-state index >= 15 is 0 Å². The predicted octanol–water partition coefficient (Wildman–Crippen LogP) is 3.32. The maximum atomic E-state index is 12.1. The fourth-order valence-electron chi connectivity index (χ4n) is 2.37. The van der Waals surface area contributed by atoms with Crippen LogP contribution in [0.25, 0.3) is 10.8 Å². The summed E-state index contributed by atoms with van der Waals surface area (Å²) in [5.41, 5.74) is 0.278. The van der Waals surface area contributed by atoms with Gasteiger partial charge in [0.2, 0.25) is 5.91 Å². The number of furan rings is 1. The van der Waals surface area contributed by atoms with E-state index in [0.29, 0.717) is 17.9 Å². The third-order valence-corrected chi connectivity index (χ3v) is 4.56. The quantitative estimate of drug-likeness (QED) is 0.720. The number of aliphatic hydroxyl groups is 1. The first kappa shape index (κ1) is 16.4. The van der Waals surface area contributed by atoms with Crippen molar-refractivity contribution in [3.63, 3.8) is 0 Å². The van der Waals surface area contributed by atoms with E-state index in [0.717, 1.165) is 10.7 Å². The summed E-state index contributed by atoms with van der Waals surface area (Å²) in [4.78, 5) is 16.6. The fourth-order valence-corrected chi connectivity index (χ4v) is 3.15. The molecular formula is C18H18N2O3S. The Bertz CT molecular complexity index is 795. The average Bonchev–Trinajstić information content (AvgIpc) is 3.25. The fraction of sp³-hybridized carbons (Fsp3) is 0.222. The molecule has 1 aromatic carbocycles. The lowest BCUT2D eigenvalue weighted by Gasteiger charge is -2.23. The van der Waals surface area contributed by atoms with Gasteiger partial charge in [0.05, 0.1) is 30.5 Å². The van der Waals surface area contributed by atoms with Crippen molar-refractivity contribution in [2.75, 3.05) is 0 Å². The Kier molecular flexibility index (Phi) is 4.78. The van der Waals surface area contributed by atoms with Crippen LogP contribution in [0.15, 0.2) is 58.5 Å². The van der Waals surface area contributed by atoms with E-state index in [1.165, 1.54) is 11.3 Å². The largest absolute Gasteiger partial charge is 0.462 e. The van der Waals surface area contributed by atoms with E-state index in [1.54, 1.807) is 13.2 Å². The topological polar surface area (TPSA) is 75.4 Å². The van der Waals surface area contributed by atoms with E-state index < -0.39 is 5.60 Å². The molecule has 2 N–H and O–H groups in total. The van der Waals surface area contributed by atoms with Crippen molar-refractivity contribution in [1.29, 1.82) is 0 Å². The number of nitrogens with one attached hydrogen (secondary N) is 1. The minimum absolute atomic E-state index is 0.00775. The van der Waals surface area contributed by atoms with Gasteiger partial charge in [-0.3, -0.25) is 4.79 Å². The molecule has 0 spiro atoms. The van der Waals surface area contributed by atoms with Gasteiger partial charge in [-0.1, -0.05) is 30.3 Å². The SMILES string of the molecule is CC(O)(CC(=O)NCc1csc(-c2ccco2)n1)c1ccccc1. The molecule has 1 unspecified atom stereocenters. The summed E-state index contributed by atoms with van der Waals surface area (Å²) in [6.07, 6.45) is 1.59. The van der Waals surface area contributed by atoms with Gasteiger partial charge < -0.3 is 14.8 Å². The molecule has 0 aliphatic carbocycles. The Morgan fingerprint density at radius 3 is 2.79 bits per heavy atom. The Balaban J connectivity index is 1.56. The zero-order chi connectivity index (χ0) is 17.0. The summed E-state index contributed by atoms with van der Waals surface area (Å²) in [6.45, 7) is 1.96. The zero-order valence-corrected chi connectivity index (χ0v) is 14.0. The van der Waals surface area contributed by atoms with Gasteiger partial charge >= 0.3 is 0 Å². The van der Waals surface area contributed by atoms with E-state index in [9.17, 15) is 9.90 Å². The highest BCUT2D eigenvalue weighted by atomic mass is 32.1. The first-order valence-electron chi connectivity index (χ1n) is 7.57. The van der Waals surface area contributed by atoms with E-state index in [1.807, 2.05) is 47.8 Å². The Hall–Kier alpha value is -2.44. The number of hydrogen-bond donors (Lipinski definition) is 2. The van der Waals surface area contributed by atoms with Crippen LogP contribution in [0.5, 0.6) is 0 Å². The molecule has 0 aliphatic heterocycles. The monoisotopic (exact) mass is 342 g/mol. The normalized spacial score (nSPS) is 13.4. The predicted molar refractivity (Wildman–Crippen MR) is 92.3 cm³/mol. The Morgan fingerprint density at radius 1 is 1.29 bits per heavy atom. The number of carbonyl (C=O) groups is 1. The van der Waals surface area contributed by atoms with Crippen molar-refractivity contribution < 1.29 is 14.3 Å². The molecule has 0 bridgehead atoms. The standard InChI is InChI=1S/C18H18N2O3S/c1-18(22,13-6-3-2-4-7-13)10-16(21)19-11-14-12-24-17(20-14)15-8-5-9-23-15/h2-9,12,22H,10-11H2,1H3,(H,19,21). The highest BCUT2D eigenvalue weighted by molar-refractivity contribution is 7.13. The van der Waals surface area contributed by atoms with Crippen LogP contribution >= 0.6 is 11.3 Å². The lowest BCUT2D eigenvalue weighted by atomic mass is 9.92. The third kappa shape index (κ3) is 3.90. The smallest absolute Gasteiger partial charge is 0.223 e. The molecule has 3 rings (SSSR count). The molecule has 124 valence electrons. The average molecular weight is 342 g/mol. The molecule has 1 amide bonds. The molecule has 24 heavy (non-hydrogen) atoms. The summed E-state index contributed by atoms with van der Waals surface area (Å²) in [6, 6.07) is 12.8. The van der Waals surface area contributed by atoms with Gasteiger partial charge in [0.1, 0.15) is 0 Å². The third-order valence-electron chi connectivity index (χ3n) is 3.65. The van der Waals surface area contributed by atoms with Crippen LogP contribution in [0.2, 0.25) is 0 Å². The first-order chi connectivity index (χ1) is 11.5. The van der Waals surface area contributed by atoms with Gasteiger partial charge in [-0.25, -0.2) is 4.98 Å². The van der Waals surface area contributed by atoms with E-state index in [2.05, 4.69) is 10.3 Å². The molecular weight excluding hydrogens is 324 g/mol. The number of thiazole rings is 1. The van der Waals surface area contributed by atoms with Crippen LogP contribution in [0, 0.1) is 0 Å². The summed E-state index contributed by atoms with van der Waals surface area (Å²) < 4.78 is 5.30. The zero-order valence-electron chi connectivity index (χ0n) is 13.2. The van der Waals surface area contributed by atoms with Gasteiger partial charge in [0.15, 0.2) is 10.8 Å². The molecule has 0 saturated carbocycles. The number of benzene rings is 1. The molecule has 0 radical (unpaired) electrons. The second-order valence-corrected chi connectivity index (χ2v) is 6.57. The minimum Gasteiger partial charge on any atom is -0.462 e. The van der Waals surface area contributed by atoms with Crippen LogP contribution in [-0.4, -0.2) is 16.0 Å². The van der Waals surface area contributed by atoms with Crippen molar-refractivity contribution >= 4 is 17.2 Å². The van der Waals surface area contributed by atoms with Crippen molar-refractivity contribution in [2.45, 2.75) is 25.5 Å². The van der Waals surface area contributed by atoms with Crippen molar-refractivity contribution in [2.24, 2.45) is 0 Å². The maximum absolute atomic E-state index is 12.1. The molecule has 0 fully saturated rings. The summed E-state index contributed by atoms with van der Waals surface area (Å²) in [5, 5.41) is 16.0. The van der Waals surface area contributed by atoms with Crippen molar-refractivity contribution in [1.82, 2.24) is 10.3 Å². The van der Waals surface area contributed by atoms with Crippen LogP contribution in [0.1, 0.15) is 24.6 Å². The molecule has 3 aromatic rings. The van der Waals surface area contributed by atoms with Crippen LogP contribution in [-0.2, 0) is 16.9 Å². The Morgan fingerprint density at radius 2 is 2.08 bits per heavy atom. The van der Waals surface area contributed by atoms with Crippen LogP contribution in [0.4, 0.5) is 0 Å². The number of nitrogens with zero attached hydrogens (tertiary/aromatic N) is 1. The molecule has 6 heteroatoms. The molecule has 5 nitrogen and oxygen atoms in total. The summed E-state index contributed by atoms with van der Waals surface area (Å²) in [7, 11) is 0. The van der Waals surface area contributed by atoms with Gasteiger partial charge in [-0.2, -0.15) is 0 Å². The van der Waals surface area contributed by atoms with Crippen LogP contribution < -0.4 is 5.32 Å². The summed E-state index contributed by atoms with van der Waals surface area (Å²) in [5.74, 6) is 0.487. The number of amides is 1. The van der Waals surface area contributed by atoms with Gasteiger partial charge in [0.25, 0.3) is 0 Å². The van der Waals surface area contributed by atoms with E-state index in [-0.39, 0.29) is 12.3 Å². The number of carbonyl (C=O) groups excluding carboxylic acids is 1. The molecule has 0 aliphatic rings. The second-order valence-electron chi connectivity index (χ2n) is 5.71. The molecule has 2 aromatic heterocycles. The number of aromatic nitrogens is 1. The van der Waals surface area contributed by atoms with Gasteiger partial charge in [0, 0.05) is 5.38 Å². The summed E-state index contributed by atoms with van der Waals surface area (Å²) >= 11 is 1.46. The first-order valence-corrected chi connectivity index (χ1v) is 8.45.